The van der Waals surface area contributed by atoms with E-state index in [-0.39, 0.29) is 22.9 Å². The van der Waals surface area contributed by atoms with E-state index in [1.165, 1.54) is 12.1 Å². The maximum Gasteiger partial charge on any atom is 0.157 e. The lowest BCUT2D eigenvalue weighted by Gasteiger charge is -2.02. The van der Waals surface area contributed by atoms with E-state index in [9.17, 15) is 4.79 Å². The topological polar surface area (TPSA) is 57.5 Å². The smallest absolute Gasteiger partial charge is 0.157 e. The van der Waals surface area contributed by atoms with E-state index < -0.39 is 0 Å². The molecule has 2 N–H and O–H groups in total. The molecular formula is C8H7ClO3. The minimum absolute atomic E-state index is 0.108. The van der Waals surface area contributed by atoms with Crippen molar-refractivity contribution in [3.05, 3.63) is 23.3 Å². The van der Waals surface area contributed by atoms with Crippen LogP contribution in [0, 0.1) is 0 Å². The Labute approximate surface area is 74.2 Å². The number of halogens is 1. The van der Waals surface area contributed by atoms with Crippen LogP contribution in [-0.4, -0.2) is 16.5 Å². The minimum atomic E-state index is -0.249. The highest BCUT2D eigenvalue weighted by Gasteiger charge is 2.07. The Morgan fingerprint density at radius 3 is 2.17 bits per heavy atom. The second kappa shape index (κ2) is 3.45. The largest absolute Gasteiger partial charge is 0.507 e. The molecule has 0 fully saturated rings. The summed E-state index contributed by atoms with van der Waals surface area (Å²) in [6, 6.07) is 2.69. The van der Waals surface area contributed by atoms with Crippen molar-refractivity contribution in [3.63, 3.8) is 0 Å². The van der Waals surface area contributed by atoms with Gasteiger partial charge in [0.05, 0.1) is 5.56 Å². The van der Waals surface area contributed by atoms with Crippen LogP contribution in [0.3, 0.4) is 0 Å². The van der Waals surface area contributed by atoms with E-state index in [0.29, 0.717) is 11.8 Å². The Morgan fingerprint density at radius 1 is 1.33 bits per heavy atom. The van der Waals surface area contributed by atoms with Gasteiger partial charge in [0.15, 0.2) is 6.29 Å². The predicted molar refractivity (Wildman–Crippen MR) is 44.7 cm³/mol. The van der Waals surface area contributed by atoms with Crippen molar-refractivity contribution >= 4 is 17.9 Å². The molecule has 1 aromatic rings. The molecule has 0 bridgehead atoms. The van der Waals surface area contributed by atoms with Crippen LogP contribution in [-0.2, 0) is 5.88 Å². The molecule has 1 rings (SSSR count). The van der Waals surface area contributed by atoms with Crippen molar-refractivity contribution < 1.29 is 15.0 Å². The van der Waals surface area contributed by atoms with Gasteiger partial charge in [0.1, 0.15) is 11.5 Å². The number of carbonyl (C=O) groups excluding carboxylic acids is 1. The van der Waals surface area contributed by atoms with Gasteiger partial charge in [-0.05, 0) is 17.7 Å². The van der Waals surface area contributed by atoms with Crippen molar-refractivity contribution in [2.45, 2.75) is 5.88 Å². The zero-order valence-electron chi connectivity index (χ0n) is 6.12. The molecule has 0 heterocycles. The molecule has 0 aromatic heterocycles. The number of hydrogen-bond acceptors (Lipinski definition) is 3. The van der Waals surface area contributed by atoms with Gasteiger partial charge in [0.2, 0.25) is 0 Å². The molecule has 0 aliphatic heterocycles. The summed E-state index contributed by atoms with van der Waals surface area (Å²) in [5.41, 5.74) is 0.459. The highest BCUT2D eigenvalue weighted by molar-refractivity contribution is 6.17. The monoisotopic (exact) mass is 186 g/mol. The molecule has 64 valence electrons. The molecule has 0 aliphatic carbocycles. The van der Waals surface area contributed by atoms with Crippen LogP contribution >= 0.6 is 11.6 Å². The first kappa shape index (κ1) is 8.87. The number of hydrogen-bond donors (Lipinski definition) is 2. The molecule has 0 saturated carbocycles. The molecule has 0 spiro atoms. The molecular weight excluding hydrogens is 180 g/mol. The Balaban J connectivity index is 3.27. The van der Waals surface area contributed by atoms with Crippen LogP contribution in [0.25, 0.3) is 0 Å². The Morgan fingerprint density at radius 2 is 1.83 bits per heavy atom. The van der Waals surface area contributed by atoms with Crippen LogP contribution < -0.4 is 0 Å². The van der Waals surface area contributed by atoms with Crippen molar-refractivity contribution in [3.8, 4) is 11.5 Å². The number of carbonyl (C=O) groups is 1. The normalized spacial score (nSPS) is 9.75. The summed E-state index contributed by atoms with van der Waals surface area (Å²) < 4.78 is 0. The summed E-state index contributed by atoms with van der Waals surface area (Å²) in [4.78, 5) is 10.3. The van der Waals surface area contributed by atoms with Crippen molar-refractivity contribution in [2.75, 3.05) is 0 Å². The molecule has 4 heteroatoms. The fourth-order valence-corrected chi connectivity index (χ4v) is 1.03. The number of phenolic OH excluding ortho intramolecular Hbond substituents is 2. The van der Waals surface area contributed by atoms with E-state index in [1.54, 1.807) is 0 Å². The highest BCUT2D eigenvalue weighted by Crippen LogP contribution is 2.27. The maximum atomic E-state index is 10.3. The third-order valence-corrected chi connectivity index (χ3v) is 1.78. The zero-order valence-corrected chi connectivity index (χ0v) is 6.88. The molecule has 3 nitrogen and oxygen atoms in total. The summed E-state index contributed by atoms with van der Waals surface area (Å²) in [6.45, 7) is 0. The Kier molecular flexibility index (Phi) is 2.55. The van der Waals surface area contributed by atoms with E-state index >= 15 is 0 Å². The fourth-order valence-electron chi connectivity index (χ4n) is 0.878. The lowest BCUT2D eigenvalue weighted by atomic mass is 10.1. The van der Waals surface area contributed by atoms with Gasteiger partial charge < -0.3 is 10.2 Å². The van der Waals surface area contributed by atoms with Gasteiger partial charge in [-0.2, -0.15) is 0 Å². The van der Waals surface area contributed by atoms with Gasteiger partial charge in [-0.3, -0.25) is 4.79 Å². The Hall–Kier alpha value is -1.22. The summed E-state index contributed by atoms with van der Waals surface area (Å²) >= 11 is 5.46. The zero-order chi connectivity index (χ0) is 9.14. The number of phenols is 2. The SMILES string of the molecule is O=Cc1c(O)cc(CCl)cc1O. The van der Waals surface area contributed by atoms with Crippen LogP contribution in [0.1, 0.15) is 15.9 Å². The molecule has 0 radical (unpaired) electrons. The number of aromatic hydroxyl groups is 2. The molecule has 0 amide bonds. The number of alkyl halides is 1. The summed E-state index contributed by atoms with van der Waals surface area (Å²) in [6.07, 6.45) is 0.392. The first-order valence-electron chi connectivity index (χ1n) is 3.25. The van der Waals surface area contributed by atoms with E-state index in [2.05, 4.69) is 0 Å². The first-order valence-corrected chi connectivity index (χ1v) is 3.78. The first-order chi connectivity index (χ1) is 5.69. The van der Waals surface area contributed by atoms with Gasteiger partial charge >= 0.3 is 0 Å². The van der Waals surface area contributed by atoms with Crippen molar-refractivity contribution in [1.29, 1.82) is 0 Å². The fraction of sp³-hybridized carbons (Fsp3) is 0.125. The van der Waals surface area contributed by atoms with Crippen LogP contribution in [0.15, 0.2) is 12.1 Å². The van der Waals surface area contributed by atoms with Crippen molar-refractivity contribution in [2.24, 2.45) is 0 Å². The Bertz CT molecular complexity index is 286. The van der Waals surface area contributed by atoms with E-state index in [1.807, 2.05) is 0 Å². The van der Waals surface area contributed by atoms with Gasteiger partial charge in [0, 0.05) is 5.88 Å². The van der Waals surface area contributed by atoms with Gasteiger partial charge in [0.25, 0.3) is 0 Å². The lowest BCUT2D eigenvalue weighted by molar-refractivity contribution is 0.111. The van der Waals surface area contributed by atoms with Crippen LogP contribution in [0.4, 0.5) is 0 Å². The molecule has 0 unspecified atom stereocenters. The number of aldehydes is 1. The molecule has 0 atom stereocenters. The van der Waals surface area contributed by atoms with Gasteiger partial charge in [-0.25, -0.2) is 0 Å². The molecule has 0 saturated heterocycles. The quantitative estimate of drug-likeness (QED) is 0.546. The molecule has 1 aromatic carbocycles. The predicted octanol–water partition coefficient (Wildman–Crippen LogP) is 1.65. The third-order valence-electron chi connectivity index (χ3n) is 1.47. The third kappa shape index (κ3) is 1.51. The average molecular weight is 187 g/mol. The molecule has 0 aliphatic rings. The lowest BCUT2D eigenvalue weighted by Crippen LogP contribution is -1.85. The minimum Gasteiger partial charge on any atom is -0.507 e. The van der Waals surface area contributed by atoms with E-state index in [4.69, 9.17) is 21.8 Å². The van der Waals surface area contributed by atoms with Crippen LogP contribution in [0.5, 0.6) is 11.5 Å². The van der Waals surface area contributed by atoms with Crippen molar-refractivity contribution in [1.82, 2.24) is 0 Å². The number of rotatable bonds is 2. The molecule has 12 heavy (non-hydrogen) atoms. The highest BCUT2D eigenvalue weighted by atomic mass is 35.5. The van der Waals surface area contributed by atoms with Gasteiger partial charge in [-0.15, -0.1) is 11.6 Å². The van der Waals surface area contributed by atoms with Crippen LogP contribution in [0.2, 0.25) is 0 Å². The summed E-state index contributed by atoms with van der Waals surface area (Å²) in [7, 11) is 0. The average Bonchev–Trinajstić information content (AvgIpc) is 2.03. The second-order valence-electron chi connectivity index (χ2n) is 2.30. The second-order valence-corrected chi connectivity index (χ2v) is 2.57. The standard InChI is InChI=1S/C8H7ClO3/c9-3-5-1-7(11)6(4-10)8(12)2-5/h1-2,4,11-12H,3H2. The number of benzene rings is 1. The van der Waals surface area contributed by atoms with Gasteiger partial charge in [-0.1, -0.05) is 0 Å². The summed E-state index contributed by atoms with van der Waals surface area (Å²) in [5.74, 6) is -0.318. The summed E-state index contributed by atoms with van der Waals surface area (Å²) in [5, 5.41) is 18.3. The van der Waals surface area contributed by atoms with E-state index in [0.717, 1.165) is 0 Å². The maximum absolute atomic E-state index is 10.3.